The fourth-order valence-corrected chi connectivity index (χ4v) is 6.18. The number of benzene rings is 1. The summed E-state index contributed by atoms with van der Waals surface area (Å²) in [7, 11) is 1.73. The number of methoxy groups -OCH3 is 1. The van der Waals surface area contributed by atoms with Crippen molar-refractivity contribution in [3.05, 3.63) is 47.6 Å². The van der Waals surface area contributed by atoms with E-state index in [9.17, 15) is 4.79 Å². The quantitative estimate of drug-likeness (QED) is 0.685. The topological polar surface area (TPSA) is 42.0 Å². The summed E-state index contributed by atoms with van der Waals surface area (Å²) in [5.41, 5.74) is 4.18. The van der Waals surface area contributed by atoms with Gasteiger partial charge in [0.05, 0.1) is 18.7 Å². The number of hydrogen-bond donors (Lipinski definition) is 0. The second kappa shape index (κ2) is 8.01. The Morgan fingerprint density at radius 3 is 2.74 bits per heavy atom. The van der Waals surface area contributed by atoms with Gasteiger partial charge in [-0.05, 0) is 49.3 Å². The van der Waals surface area contributed by atoms with Crippen LogP contribution in [0.3, 0.4) is 0 Å². The maximum absolute atomic E-state index is 12.9. The molecule has 166 valence electrons. The molecule has 0 radical (unpaired) electrons. The van der Waals surface area contributed by atoms with E-state index in [0.717, 1.165) is 63.4 Å². The van der Waals surface area contributed by atoms with Crippen molar-refractivity contribution in [3.8, 4) is 5.75 Å². The van der Waals surface area contributed by atoms with E-state index >= 15 is 0 Å². The van der Waals surface area contributed by atoms with Crippen LogP contribution < -0.4 is 9.64 Å². The molecule has 1 aromatic rings. The second-order valence-corrected chi connectivity index (χ2v) is 9.89. The number of piperazine rings is 1. The van der Waals surface area contributed by atoms with Gasteiger partial charge in [0.15, 0.2) is 0 Å². The first-order chi connectivity index (χ1) is 15.0. The number of carbonyl (C=O) groups is 1. The van der Waals surface area contributed by atoms with Crippen molar-refractivity contribution < 1.29 is 14.3 Å². The third-order valence-corrected chi connectivity index (χ3v) is 7.95. The molecular weight excluding hydrogens is 388 g/mol. The van der Waals surface area contributed by atoms with Crippen LogP contribution in [0.2, 0.25) is 0 Å². The van der Waals surface area contributed by atoms with Crippen LogP contribution in [0.5, 0.6) is 5.75 Å². The molecule has 4 atom stereocenters. The lowest BCUT2D eigenvalue weighted by atomic mass is 9.62. The standard InChI is InChI=1S/C26H34N2O3/c1-18-7-6-10-26(2)16-24-19(15-21(18)26)20(25(29)31-24)17-27-11-13-28(14-12-27)22-8-4-5-9-23(22)30-3/h4-5,7-9,15,19-20,24H,6,10-14,16-17H2,1-3H3/t19-,20+,24-,26-/m1/s1. The highest BCUT2D eigenvalue weighted by atomic mass is 16.6. The number of nitrogens with zero attached hydrogens (tertiary/aromatic N) is 2. The lowest BCUT2D eigenvalue weighted by Gasteiger charge is -2.43. The molecule has 0 N–H and O–H groups in total. The van der Waals surface area contributed by atoms with Gasteiger partial charge < -0.3 is 14.4 Å². The Hall–Kier alpha value is -2.27. The molecule has 0 saturated carbocycles. The predicted molar refractivity (Wildman–Crippen MR) is 122 cm³/mol. The molecule has 2 saturated heterocycles. The van der Waals surface area contributed by atoms with Crippen molar-refractivity contribution in [1.29, 1.82) is 0 Å². The summed E-state index contributed by atoms with van der Waals surface area (Å²) < 4.78 is 11.5. The molecule has 0 spiro atoms. The van der Waals surface area contributed by atoms with Crippen LogP contribution >= 0.6 is 0 Å². The number of carbonyl (C=O) groups excluding carboxylic acids is 1. The Morgan fingerprint density at radius 2 is 1.97 bits per heavy atom. The molecule has 5 heteroatoms. The first-order valence-electron chi connectivity index (χ1n) is 11.7. The fraction of sp³-hybridized carbons (Fsp3) is 0.577. The van der Waals surface area contributed by atoms with Crippen LogP contribution in [0.15, 0.2) is 47.6 Å². The van der Waals surface area contributed by atoms with Crippen molar-refractivity contribution in [3.63, 3.8) is 0 Å². The highest BCUT2D eigenvalue weighted by Crippen LogP contribution is 2.52. The number of rotatable bonds is 4. The number of fused-ring (bicyclic) bond motifs is 2. The molecule has 2 heterocycles. The Bertz CT molecular complexity index is 915. The van der Waals surface area contributed by atoms with Gasteiger partial charge in [-0.1, -0.05) is 36.8 Å². The molecule has 1 aromatic carbocycles. The molecule has 0 bridgehead atoms. The Labute approximate surface area is 185 Å². The third kappa shape index (κ3) is 3.67. The summed E-state index contributed by atoms with van der Waals surface area (Å²) >= 11 is 0. The number of anilines is 1. The van der Waals surface area contributed by atoms with E-state index in [2.05, 4.69) is 47.9 Å². The van der Waals surface area contributed by atoms with E-state index in [-0.39, 0.29) is 29.3 Å². The van der Waals surface area contributed by atoms with Gasteiger partial charge in [-0.3, -0.25) is 9.69 Å². The lowest BCUT2D eigenvalue weighted by molar-refractivity contribution is -0.145. The predicted octanol–water partition coefficient (Wildman–Crippen LogP) is 4.05. The van der Waals surface area contributed by atoms with E-state index in [1.54, 1.807) is 7.11 Å². The zero-order chi connectivity index (χ0) is 21.6. The van der Waals surface area contributed by atoms with Gasteiger partial charge in [0.2, 0.25) is 0 Å². The second-order valence-electron chi connectivity index (χ2n) is 9.89. The van der Waals surface area contributed by atoms with Crippen molar-refractivity contribution in [1.82, 2.24) is 4.90 Å². The molecule has 4 aliphatic rings. The van der Waals surface area contributed by atoms with Gasteiger partial charge in [0.1, 0.15) is 11.9 Å². The van der Waals surface area contributed by atoms with Gasteiger partial charge in [0.25, 0.3) is 0 Å². The van der Waals surface area contributed by atoms with E-state index in [0.29, 0.717) is 0 Å². The molecule has 5 nitrogen and oxygen atoms in total. The molecular formula is C26H34N2O3. The first-order valence-corrected chi connectivity index (χ1v) is 11.7. The minimum absolute atomic E-state index is 0.00267. The van der Waals surface area contributed by atoms with Crippen LogP contribution in [-0.4, -0.2) is 56.8 Å². The van der Waals surface area contributed by atoms with Crippen molar-refractivity contribution >= 4 is 11.7 Å². The highest BCUT2D eigenvalue weighted by molar-refractivity contribution is 5.76. The van der Waals surface area contributed by atoms with Gasteiger partial charge in [0, 0.05) is 38.6 Å². The maximum atomic E-state index is 12.9. The Balaban J connectivity index is 1.27. The molecule has 0 aromatic heterocycles. The minimum Gasteiger partial charge on any atom is -0.495 e. The highest BCUT2D eigenvalue weighted by Gasteiger charge is 2.51. The normalized spacial score (nSPS) is 33.2. The SMILES string of the molecule is COc1ccccc1N1CCN(C[C@@H]2C(=O)O[C@@H]3C[C@@]4(C)CCC=C(C)C4=C[C@H]23)CC1. The average molecular weight is 423 g/mol. The molecule has 2 aliphatic carbocycles. The molecule has 31 heavy (non-hydrogen) atoms. The van der Waals surface area contributed by atoms with Crippen molar-refractivity contribution in [2.24, 2.45) is 17.3 Å². The van der Waals surface area contributed by atoms with Crippen molar-refractivity contribution in [2.75, 3.05) is 44.7 Å². The largest absolute Gasteiger partial charge is 0.495 e. The summed E-state index contributed by atoms with van der Waals surface area (Å²) in [6, 6.07) is 8.21. The summed E-state index contributed by atoms with van der Waals surface area (Å²) in [5, 5.41) is 0. The first kappa shape index (κ1) is 20.6. The van der Waals surface area contributed by atoms with E-state index in [1.807, 2.05) is 12.1 Å². The zero-order valence-electron chi connectivity index (χ0n) is 19.0. The number of hydrogen-bond acceptors (Lipinski definition) is 5. The summed E-state index contributed by atoms with van der Waals surface area (Å²) in [6.45, 7) is 9.16. The van der Waals surface area contributed by atoms with Crippen LogP contribution in [0, 0.1) is 17.3 Å². The van der Waals surface area contributed by atoms with Gasteiger partial charge >= 0.3 is 5.97 Å². The Morgan fingerprint density at radius 1 is 1.19 bits per heavy atom. The van der Waals surface area contributed by atoms with Gasteiger partial charge in [-0.25, -0.2) is 0 Å². The van der Waals surface area contributed by atoms with E-state index in [4.69, 9.17) is 9.47 Å². The number of ether oxygens (including phenoxy) is 2. The summed E-state index contributed by atoms with van der Waals surface area (Å²) in [5.74, 6) is 1.09. The third-order valence-electron chi connectivity index (χ3n) is 7.95. The maximum Gasteiger partial charge on any atom is 0.311 e. The molecule has 2 aliphatic heterocycles. The van der Waals surface area contributed by atoms with E-state index < -0.39 is 0 Å². The van der Waals surface area contributed by atoms with Crippen LogP contribution in [0.4, 0.5) is 5.69 Å². The minimum atomic E-state index is -0.0467. The van der Waals surface area contributed by atoms with E-state index in [1.165, 1.54) is 11.1 Å². The monoisotopic (exact) mass is 422 g/mol. The molecule has 0 unspecified atom stereocenters. The lowest BCUT2D eigenvalue weighted by Crippen LogP contribution is -2.49. The fourth-order valence-electron chi connectivity index (χ4n) is 6.18. The van der Waals surface area contributed by atoms with Gasteiger partial charge in [-0.15, -0.1) is 0 Å². The van der Waals surface area contributed by atoms with Crippen molar-refractivity contribution in [2.45, 2.75) is 39.2 Å². The number of para-hydroxylation sites is 2. The zero-order valence-corrected chi connectivity index (χ0v) is 19.0. The Kier molecular flexibility index (Phi) is 5.33. The summed E-state index contributed by atoms with van der Waals surface area (Å²) in [6.07, 6.45) is 8.07. The average Bonchev–Trinajstić information content (AvgIpc) is 3.06. The van der Waals surface area contributed by atoms with Gasteiger partial charge in [-0.2, -0.15) is 0 Å². The van der Waals surface area contributed by atoms with Crippen LogP contribution in [0.25, 0.3) is 0 Å². The molecule has 0 amide bonds. The smallest absolute Gasteiger partial charge is 0.311 e. The number of esters is 1. The molecule has 2 fully saturated rings. The number of allylic oxidation sites excluding steroid dienone is 3. The van der Waals surface area contributed by atoms with Crippen LogP contribution in [0.1, 0.15) is 33.1 Å². The molecule has 5 rings (SSSR count). The van der Waals surface area contributed by atoms with Crippen LogP contribution in [-0.2, 0) is 9.53 Å². The summed E-state index contributed by atoms with van der Waals surface area (Å²) in [4.78, 5) is 17.7.